The zero-order valence-corrected chi connectivity index (χ0v) is 14.8. The molecule has 7 nitrogen and oxygen atoms in total. The third kappa shape index (κ3) is 2.76. The molecule has 7 heteroatoms. The topological polar surface area (TPSA) is 79.0 Å². The largest absolute Gasteiger partial charge is 0.383 e. The molecule has 2 aromatic rings. The van der Waals surface area contributed by atoms with E-state index >= 15 is 0 Å². The van der Waals surface area contributed by atoms with Crippen LogP contribution in [0.2, 0.25) is 0 Å². The van der Waals surface area contributed by atoms with E-state index in [4.69, 9.17) is 4.74 Å². The van der Waals surface area contributed by atoms with Gasteiger partial charge in [0.15, 0.2) is 0 Å². The molecule has 27 heavy (non-hydrogen) atoms. The summed E-state index contributed by atoms with van der Waals surface area (Å²) in [7, 11) is 1.55. The Kier molecular flexibility index (Phi) is 4.37. The van der Waals surface area contributed by atoms with E-state index in [2.05, 4.69) is 5.32 Å². The lowest BCUT2D eigenvalue weighted by molar-refractivity contribution is -0.122. The second kappa shape index (κ2) is 6.85. The van der Waals surface area contributed by atoms with Gasteiger partial charge in [0.05, 0.1) is 17.9 Å². The van der Waals surface area contributed by atoms with Crippen molar-refractivity contribution in [2.75, 3.05) is 31.7 Å². The lowest BCUT2D eigenvalue weighted by Crippen LogP contribution is -2.51. The van der Waals surface area contributed by atoms with Crippen LogP contribution in [0.4, 0.5) is 5.69 Å². The third-order valence-corrected chi connectivity index (χ3v) is 4.83. The van der Waals surface area contributed by atoms with Crippen LogP contribution in [0.15, 0.2) is 48.5 Å². The van der Waals surface area contributed by atoms with Crippen molar-refractivity contribution >= 4 is 23.4 Å². The molecule has 2 aromatic carbocycles. The number of para-hydroxylation sites is 1. The van der Waals surface area contributed by atoms with Gasteiger partial charge in [-0.05, 0) is 18.2 Å². The van der Waals surface area contributed by atoms with E-state index in [1.165, 1.54) is 4.90 Å². The number of fused-ring (bicyclic) bond motifs is 5. The summed E-state index contributed by atoms with van der Waals surface area (Å²) in [4.78, 5) is 41.6. The monoisotopic (exact) mass is 365 g/mol. The Morgan fingerprint density at radius 2 is 1.74 bits per heavy atom. The van der Waals surface area contributed by atoms with Crippen LogP contribution in [0.5, 0.6) is 0 Å². The Bertz CT molecular complexity index is 927. The van der Waals surface area contributed by atoms with Gasteiger partial charge in [0, 0.05) is 24.8 Å². The number of nitrogens with one attached hydrogen (secondary N) is 1. The van der Waals surface area contributed by atoms with Gasteiger partial charge in [0.2, 0.25) is 5.91 Å². The zero-order chi connectivity index (χ0) is 19.0. The Morgan fingerprint density at radius 3 is 2.52 bits per heavy atom. The molecule has 0 fully saturated rings. The van der Waals surface area contributed by atoms with Crippen molar-refractivity contribution in [1.29, 1.82) is 0 Å². The maximum atomic E-state index is 13.1. The SMILES string of the molecule is COCCNC(=O)CN1C(=O)c2ccccc2N2C(=O)c3ccccc3[C@@H]12. The van der Waals surface area contributed by atoms with E-state index in [0.29, 0.717) is 30.0 Å². The highest BCUT2D eigenvalue weighted by Gasteiger charge is 2.47. The van der Waals surface area contributed by atoms with Gasteiger partial charge in [-0.15, -0.1) is 0 Å². The molecule has 2 aliphatic rings. The molecule has 0 unspecified atom stereocenters. The summed E-state index contributed by atoms with van der Waals surface area (Å²) in [6.07, 6.45) is -0.621. The summed E-state index contributed by atoms with van der Waals surface area (Å²) >= 11 is 0. The molecule has 0 aromatic heterocycles. The fraction of sp³-hybridized carbons (Fsp3) is 0.250. The molecule has 2 heterocycles. The first kappa shape index (κ1) is 17.2. The molecule has 1 N–H and O–H groups in total. The van der Waals surface area contributed by atoms with Gasteiger partial charge >= 0.3 is 0 Å². The molecule has 1 atom stereocenters. The molecule has 0 saturated heterocycles. The number of rotatable bonds is 5. The minimum Gasteiger partial charge on any atom is -0.383 e. The lowest BCUT2D eigenvalue weighted by atomic mass is 10.0. The van der Waals surface area contributed by atoms with E-state index in [0.717, 1.165) is 5.56 Å². The van der Waals surface area contributed by atoms with Gasteiger partial charge in [0.25, 0.3) is 11.8 Å². The Morgan fingerprint density at radius 1 is 1.04 bits per heavy atom. The molecule has 0 spiro atoms. The van der Waals surface area contributed by atoms with Crippen molar-refractivity contribution in [1.82, 2.24) is 10.2 Å². The number of hydrogen-bond acceptors (Lipinski definition) is 4. The zero-order valence-electron chi connectivity index (χ0n) is 14.8. The van der Waals surface area contributed by atoms with Crippen LogP contribution in [0.25, 0.3) is 0 Å². The summed E-state index contributed by atoms with van der Waals surface area (Å²) in [5.41, 5.74) is 2.27. The normalized spacial score (nSPS) is 17.4. The van der Waals surface area contributed by atoms with Crippen LogP contribution >= 0.6 is 0 Å². The van der Waals surface area contributed by atoms with Gasteiger partial charge in [-0.3, -0.25) is 19.3 Å². The first-order valence-corrected chi connectivity index (χ1v) is 8.71. The van der Waals surface area contributed by atoms with E-state index in [1.807, 2.05) is 12.1 Å². The summed E-state index contributed by atoms with van der Waals surface area (Å²) in [5.74, 6) is -0.727. The third-order valence-electron chi connectivity index (χ3n) is 4.83. The van der Waals surface area contributed by atoms with Crippen LogP contribution in [-0.2, 0) is 9.53 Å². The second-order valence-corrected chi connectivity index (χ2v) is 6.43. The number of carbonyl (C=O) groups is 3. The van der Waals surface area contributed by atoms with Gasteiger partial charge in [-0.2, -0.15) is 0 Å². The number of ether oxygens (including phenoxy) is 1. The van der Waals surface area contributed by atoms with Crippen LogP contribution < -0.4 is 10.2 Å². The van der Waals surface area contributed by atoms with Crippen molar-refractivity contribution in [3.63, 3.8) is 0 Å². The molecule has 0 saturated carbocycles. The van der Waals surface area contributed by atoms with Crippen molar-refractivity contribution in [3.05, 3.63) is 65.2 Å². The number of nitrogens with zero attached hydrogens (tertiary/aromatic N) is 2. The average Bonchev–Trinajstić information content (AvgIpc) is 2.98. The molecular weight excluding hydrogens is 346 g/mol. The van der Waals surface area contributed by atoms with E-state index in [1.54, 1.807) is 48.4 Å². The first-order valence-electron chi connectivity index (χ1n) is 8.71. The van der Waals surface area contributed by atoms with Crippen LogP contribution in [-0.4, -0.2) is 49.4 Å². The van der Waals surface area contributed by atoms with Gasteiger partial charge < -0.3 is 15.0 Å². The van der Waals surface area contributed by atoms with E-state index in [-0.39, 0.29) is 24.3 Å². The maximum Gasteiger partial charge on any atom is 0.260 e. The molecular formula is C20H19N3O4. The molecule has 4 rings (SSSR count). The van der Waals surface area contributed by atoms with Crippen molar-refractivity contribution in [2.45, 2.75) is 6.17 Å². The highest BCUT2D eigenvalue weighted by Crippen LogP contribution is 2.44. The molecule has 0 aliphatic carbocycles. The van der Waals surface area contributed by atoms with Crippen LogP contribution in [0.3, 0.4) is 0 Å². The molecule has 138 valence electrons. The summed E-state index contributed by atoms with van der Waals surface area (Å²) in [5, 5.41) is 2.73. The number of benzene rings is 2. The Balaban J connectivity index is 1.74. The number of methoxy groups -OCH3 is 1. The molecule has 3 amide bonds. The van der Waals surface area contributed by atoms with Crippen LogP contribution in [0, 0.1) is 0 Å². The Hall–Kier alpha value is -3.19. The maximum absolute atomic E-state index is 13.1. The number of hydrogen-bond donors (Lipinski definition) is 1. The number of amides is 3. The van der Waals surface area contributed by atoms with Crippen LogP contribution in [0.1, 0.15) is 32.4 Å². The quantitative estimate of drug-likeness (QED) is 0.816. The summed E-state index contributed by atoms with van der Waals surface area (Å²) in [6.45, 7) is 0.608. The average molecular weight is 365 g/mol. The lowest BCUT2D eigenvalue weighted by Gasteiger charge is -2.40. The minimum atomic E-state index is -0.621. The number of carbonyl (C=O) groups excluding carboxylic acids is 3. The fourth-order valence-electron chi connectivity index (χ4n) is 3.64. The first-order chi connectivity index (χ1) is 13.1. The van der Waals surface area contributed by atoms with Gasteiger partial charge in [-0.1, -0.05) is 30.3 Å². The van der Waals surface area contributed by atoms with E-state index in [9.17, 15) is 14.4 Å². The molecule has 0 radical (unpaired) electrons. The van der Waals surface area contributed by atoms with Gasteiger partial charge in [0.1, 0.15) is 12.7 Å². The Labute approximate surface area is 156 Å². The predicted molar refractivity (Wildman–Crippen MR) is 98.4 cm³/mol. The summed E-state index contributed by atoms with van der Waals surface area (Å²) in [6, 6.07) is 14.2. The van der Waals surface area contributed by atoms with Crippen molar-refractivity contribution in [2.24, 2.45) is 0 Å². The molecule has 0 bridgehead atoms. The minimum absolute atomic E-state index is 0.139. The van der Waals surface area contributed by atoms with Crippen molar-refractivity contribution < 1.29 is 19.1 Å². The standard InChI is InChI=1S/C20H19N3O4/c1-27-11-10-21-17(24)12-22-18-13-6-2-3-7-14(13)20(26)23(18)16-9-5-4-8-15(16)19(22)25/h2-9,18H,10-12H2,1H3,(H,21,24)/t18-/m0/s1. The highest BCUT2D eigenvalue weighted by molar-refractivity contribution is 6.17. The molecule has 2 aliphatic heterocycles. The predicted octanol–water partition coefficient (Wildman–Crippen LogP) is 1.56. The number of anilines is 1. The highest BCUT2D eigenvalue weighted by atomic mass is 16.5. The smallest absolute Gasteiger partial charge is 0.260 e. The summed E-state index contributed by atoms with van der Waals surface area (Å²) < 4.78 is 4.93. The second-order valence-electron chi connectivity index (χ2n) is 6.43. The van der Waals surface area contributed by atoms with E-state index < -0.39 is 6.17 Å². The van der Waals surface area contributed by atoms with Gasteiger partial charge in [-0.25, -0.2) is 0 Å². The fourth-order valence-corrected chi connectivity index (χ4v) is 3.64. The van der Waals surface area contributed by atoms with Crippen molar-refractivity contribution in [3.8, 4) is 0 Å².